The lowest BCUT2D eigenvalue weighted by molar-refractivity contribution is 0.366. The summed E-state index contributed by atoms with van der Waals surface area (Å²) in [5.41, 5.74) is 1.18. The van der Waals surface area contributed by atoms with E-state index in [-0.39, 0.29) is 6.04 Å². The average molecular weight is 296 g/mol. The first kappa shape index (κ1) is 15.5. The van der Waals surface area contributed by atoms with E-state index in [2.05, 4.69) is 23.9 Å². The molecule has 1 aliphatic rings. The van der Waals surface area contributed by atoms with Crippen molar-refractivity contribution in [2.45, 2.75) is 56.5 Å². The minimum Gasteiger partial charge on any atom is -0.313 e. The van der Waals surface area contributed by atoms with Crippen LogP contribution in [0.4, 0.5) is 0 Å². The second-order valence-corrected chi connectivity index (χ2v) is 7.31. The summed E-state index contributed by atoms with van der Waals surface area (Å²) in [5.74, 6) is 0. The molecule has 0 spiro atoms. The van der Waals surface area contributed by atoms with Crippen LogP contribution in [0.3, 0.4) is 0 Å². The van der Waals surface area contributed by atoms with Crippen LogP contribution in [0.2, 0.25) is 0 Å². The summed E-state index contributed by atoms with van der Waals surface area (Å²) in [6.07, 6.45) is 3.94. The third kappa shape index (κ3) is 4.04. The summed E-state index contributed by atoms with van der Waals surface area (Å²) in [5, 5.41) is 3.31. The van der Waals surface area contributed by atoms with Gasteiger partial charge in [-0.05, 0) is 43.9 Å². The van der Waals surface area contributed by atoms with Gasteiger partial charge in [0, 0.05) is 18.6 Å². The Bertz CT molecular complexity index is 517. The van der Waals surface area contributed by atoms with Crippen molar-refractivity contribution in [3.63, 3.8) is 0 Å². The summed E-state index contributed by atoms with van der Waals surface area (Å²) in [7, 11) is -3.40. The molecule has 0 bridgehead atoms. The molecule has 0 aliphatic carbocycles. The zero-order valence-corrected chi connectivity index (χ0v) is 13.0. The van der Waals surface area contributed by atoms with E-state index in [0.29, 0.717) is 17.5 Å². The fraction of sp³-hybridized carbons (Fsp3) is 0.600. The van der Waals surface area contributed by atoms with E-state index in [4.69, 9.17) is 0 Å². The lowest BCUT2D eigenvalue weighted by atomic mass is 10.0. The minimum atomic E-state index is -3.40. The Kier molecular flexibility index (Phi) is 5.18. The summed E-state index contributed by atoms with van der Waals surface area (Å²) >= 11 is 0. The number of rotatable bonds is 5. The van der Waals surface area contributed by atoms with Crippen LogP contribution in [0, 0.1) is 0 Å². The van der Waals surface area contributed by atoms with E-state index in [9.17, 15) is 8.42 Å². The Morgan fingerprint density at radius 3 is 2.50 bits per heavy atom. The molecule has 0 amide bonds. The monoisotopic (exact) mass is 296 g/mol. The van der Waals surface area contributed by atoms with Crippen molar-refractivity contribution in [3.8, 4) is 0 Å². The van der Waals surface area contributed by atoms with Gasteiger partial charge < -0.3 is 5.32 Å². The zero-order valence-electron chi connectivity index (χ0n) is 12.2. The van der Waals surface area contributed by atoms with Gasteiger partial charge in [-0.1, -0.05) is 25.5 Å². The van der Waals surface area contributed by atoms with Crippen molar-refractivity contribution in [1.82, 2.24) is 10.0 Å². The Morgan fingerprint density at radius 1 is 1.25 bits per heavy atom. The van der Waals surface area contributed by atoms with E-state index in [0.717, 1.165) is 25.7 Å². The number of benzene rings is 1. The number of piperidine rings is 1. The maximum atomic E-state index is 12.3. The second-order valence-electron chi connectivity index (χ2n) is 5.60. The van der Waals surface area contributed by atoms with E-state index in [1.54, 1.807) is 12.1 Å². The second kappa shape index (κ2) is 6.70. The highest BCUT2D eigenvalue weighted by Crippen LogP contribution is 2.15. The highest BCUT2D eigenvalue weighted by Gasteiger charge is 2.23. The largest absolute Gasteiger partial charge is 0.313 e. The molecule has 5 heteroatoms. The van der Waals surface area contributed by atoms with Crippen molar-refractivity contribution < 1.29 is 8.42 Å². The summed E-state index contributed by atoms with van der Waals surface area (Å²) in [6, 6.07) is 7.67. The lowest BCUT2D eigenvalue weighted by Crippen LogP contribution is -2.48. The van der Waals surface area contributed by atoms with Gasteiger partial charge in [-0.15, -0.1) is 0 Å². The Hall–Kier alpha value is -0.910. The molecule has 2 atom stereocenters. The SMILES string of the molecule is CCCc1ccc(S(=O)(=O)NC2CCC(C)NC2)cc1. The highest BCUT2D eigenvalue weighted by molar-refractivity contribution is 7.89. The van der Waals surface area contributed by atoms with Gasteiger partial charge in [0.2, 0.25) is 10.0 Å². The molecule has 112 valence electrons. The number of nitrogens with one attached hydrogen (secondary N) is 2. The molecule has 1 aromatic carbocycles. The third-order valence-electron chi connectivity index (χ3n) is 3.75. The van der Waals surface area contributed by atoms with E-state index in [1.165, 1.54) is 5.56 Å². The fourth-order valence-electron chi connectivity index (χ4n) is 2.51. The quantitative estimate of drug-likeness (QED) is 0.874. The lowest BCUT2D eigenvalue weighted by Gasteiger charge is -2.28. The molecule has 1 aromatic rings. The number of sulfonamides is 1. The van der Waals surface area contributed by atoms with Crippen LogP contribution in [0.1, 0.15) is 38.7 Å². The van der Waals surface area contributed by atoms with Gasteiger partial charge in [-0.2, -0.15) is 0 Å². The van der Waals surface area contributed by atoms with Gasteiger partial charge in [-0.3, -0.25) is 0 Å². The van der Waals surface area contributed by atoms with Crippen molar-refractivity contribution >= 4 is 10.0 Å². The first-order valence-corrected chi connectivity index (χ1v) is 8.84. The minimum absolute atomic E-state index is 0.00785. The third-order valence-corrected chi connectivity index (χ3v) is 5.29. The smallest absolute Gasteiger partial charge is 0.240 e. The van der Waals surface area contributed by atoms with Gasteiger partial charge in [0.05, 0.1) is 4.90 Å². The molecule has 1 saturated heterocycles. The number of aryl methyl sites for hydroxylation is 1. The van der Waals surface area contributed by atoms with Crippen molar-refractivity contribution in [2.75, 3.05) is 6.54 Å². The van der Waals surface area contributed by atoms with Crippen molar-refractivity contribution in [3.05, 3.63) is 29.8 Å². The molecule has 2 unspecified atom stereocenters. The van der Waals surface area contributed by atoms with Gasteiger partial charge in [0.1, 0.15) is 0 Å². The molecular weight excluding hydrogens is 272 g/mol. The van der Waals surface area contributed by atoms with E-state index in [1.807, 2.05) is 12.1 Å². The molecular formula is C15H24N2O2S. The molecule has 0 radical (unpaired) electrons. The summed E-state index contributed by atoms with van der Waals surface area (Å²) in [4.78, 5) is 0.357. The van der Waals surface area contributed by atoms with Gasteiger partial charge in [0.15, 0.2) is 0 Å². The van der Waals surface area contributed by atoms with Crippen molar-refractivity contribution in [2.24, 2.45) is 0 Å². The molecule has 1 heterocycles. The molecule has 2 rings (SSSR count). The maximum Gasteiger partial charge on any atom is 0.240 e. The van der Waals surface area contributed by atoms with Crippen LogP contribution < -0.4 is 10.0 Å². The number of hydrogen-bond acceptors (Lipinski definition) is 3. The van der Waals surface area contributed by atoms with Gasteiger partial charge in [0.25, 0.3) is 0 Å². The van der Waals surface area contributed by atoms with Crippen LogP contribution >= 0.6 is 0 Å². The predicted molar refractivity (Wildman–Crippen MR) is 81.2 cm³/mol. The molecule has 2 N–H and O–H groups in total. The standard InChI is InChI=1S/C15H24N2O2S/c1-3-4-13-6-9-15(10-7-13)20(18,19)17-14-8-5-12(2)16-11-14/h6-7,9-10,12,14,16-17H,3-5,8,11H2,1-2H3. The first-order valence-electron chi connectivity index (χ1n) is 7.36. The summed E-state index contributed by atoms with van der Waals surface area (Å²) in [6.45, 7) is 4.94. The Labute approximate surface area is 122 Å². The van der Waals surface area contributed by atoms with Crippen LogP contribution in [0.15, 0.2) is 29.2 Å². The molecule has 4 nitrogen and oxygen atoms in total. The normalized spacial score (nSPS) is 23.7. The molecule has 20 heavy (non-hydrogen) atoms. The Balaban J connectivity index is 2.02. The average Bonchev–Trinajstić information content (AvgIpc) is 2.42. The Morgan fingerprint density at radius 2 is 1.95 bits per heavy atom. The maximum absolute atomic E-state index is 12.3. The molecule has 1 fully saturated rings. The van der Waals surface area contributed by atoms with Gasteiger partial charge >= 0.3 is 0 Å². The molecule has 1 aliphatic heterocycles. The van der Waals surface area contributed by atoms with Crippen LogP contribution in [0.25, 0.3) is 0 Å². The first-order chi connectivity index (χ1) is 9.51. The number of hydrogen-bond donors (Lipinski definition) is 2. The topological polar surface area (TPSA) is 58.2 Å². The predicted octanol–water partition coefficient (Wildman–Crippen LogP) is 2.06. The molecule has 0 saturated carbocycles. The van der Waals surface area contributed by atoms with E-state index < -0.39 is 10.0 Å². The van der Waals surface area contributed by atoms with Crippen LogP contribution in [0.5, 0.6) is 0 Å². The highest BCUT2D eigenvalue weighted by atomic mass is 32.2. The molecule has 0 aromatic heterocycles. The fourth-order valence-corrected chi connectivity index (χ4v) is 3.78. The van der Waals surface area contributed by atoms with Crippen LogP contribution in [-0.4, -0.2) is 27.0 Å². The zero-order chi connectivity index (χ0) is 14.6. The summed E-state index contributed by atoms with van der Waals surface area (Å²) < 4.78 is 27.4. The van der Waals surface area contributed by atoms with E-state index >= 15 is 0 Å². The van der Waals surface area contributed by atoms with Gasteiger partial charge in [-0.25, -0.2) is 13.1 Å². The van der Waals surface area contributed by atoms with Crippen molar-refractivity contribution in [1.29, 1.82) is 0 Å². The van der Waals surface area contributed by atoms with Crippen LogP contribution in [-0.2, 0) is 16.4 Å².